The fourth-order valence-corrected chi connectivity index (χ4v) is 4.10. The van der Waals surface area contributed by atoms with E-state index in [9.17, 15) is 4.79 Å². The molecule has 7 nitrogen and oxygen atoms in total. The first-order valence-corrected chi connectivity index (χ1v) is 10.1. The van der Waals surface area contributed by atoms with Crippen molar-refractivity contribution in [2.45, 2.75) is 37.3 Å². The Kier molecular flexibility index (Phi) is 6.23. The van der Waals surface area contributed by atoms with Gasteiger partial charge in [0.2, 0.25) is 4.96 Å². The topological polar surface area (TPSA) is 95.4 Å². The van der Waals surface area contributed by atoms with E-state index in [0.29, 0.717) is 16.7 Å². The highest BCUT2D eigenvalue weighted by Gasteiger charge is 2.19. The smallest absolute Gasteiger partial charge is 0.316 e. The third kappa shape index (κ3) is 4.80. The van der Waals surface area contributed by atoms with E-state index in [1.807, 2.05) is 30.3 Å². The van der Waals surface area contributed by atoms with E-state index in [1.165, 1.54) is 23.1 Å². The van der Waals surface area contributed by atoms with Crippen molar-refractivity contribution in [3.8, 4) is 0 Å². The number of esters is 1. The summed E-state index contributed by atoms with van der Waals surface area (Å²) in [7, 11) is 0. The molecule has 1 unspecified atom stereocenters. The van der Waals surface area contributed by atoms with Gasteiger partial charge in [-0.2, -0.15) is 4.52 Å². The lowest BCUT2D eigenvalue weighted by Gasteiger charge is -2.10. The molecule has 138 valence electrons. The molecule has 0 fully saturated rings. The van der Waals surface area contributed by atoms with Crippen molar-refractivity contribution < 1.29 is 9.53 Å². The number of carbonyl (C=O) groups is 1. The van der Waals surface area contributed by atoms with Gasteiger partial charge in [0.15, 0.2) is 10.2 Å². The molecule has 0 aliphatic carbocycles. The maximum atomic E-state index is 11.9. The zero-order valence-corrected chi connectivity index (χ0v) is 16.3. The van der Waals surface area contributed by atoms with Gasteiger partial charge in [0.05, 0.1) is 11.8 Å². The summed E-state index contributed by atoms with van der Waals surface area (Å²) in [4.78, 5) is 12.6. The molecule has 3 rings (SSSR count). The number of benzene rings is 1. The van der Waals surface area contributed by atoms with Gasteiger partial charge in [-0.05, 0) is 17.9 Å². The van der Waals surface area contributed by atoms with Crippen molar-refractivity contribution in [2.24, 2.45) is 11.7 Å². The van der Waals surface area contributed by atoms with Crippen molar-refractivity contribution in [3.05, 3.63) is 41.7 Å². The highest BCUT2D eigenvalue weighted by atomic mass is 32.2. The summed E-state index contributed by atoms with van der Waals surface area (Å²) in [6.45, 7) is 4.50. The van der Waals surface area contributed by atoms with Crippen LogP contribution in [0.15, 0.2) is 34.7 Å². The SMILES string of the molecule is CC(C)CC(N)c1nnc2sc(SCC(=O)OCc3ccccc3)nn12. The maximum Gasteiger partial charge on any atom is 0.316 e. The number of nitrogens with two attached hydrogens (primary N) is 1. The molecule has 2 heterocycles. The summed E-state index contributed by atoms with van der Waals surface area (Å²) in [5, 5.41) is 12.7. The number of hydrogen-bond donors (Lipinski definition) is 1. The van der Waals surface area contributed by atoms with Crippen molar-refractivity contribution in [1.29, 1.82) is 0 Å². The molecule has 0 spiro atoms. The Morgan fingerprint density at radius 1 is 1.31 bits per heavy atom. The predicted octanol–water partition coefficient (Wildman–Crippen LogP) is 3.07. The van der Waals surface area contributed by atoms with Crippen LogP contribution in [0.4, 0.5) is 0 Å². The second-order valence-corrected chi connectivity index (χ2v) is 8.47. The Balaban J connectivity index is 1.56. The van der Waals surface area contributed by atoms with Gasteiger partial charge in [0.25, 0.3) is 0 Å². The van der Waals surface area contributed by atoms with E-state index in [-0.39, 0.29) is 24.4 Å². The molecule has 0 aliphatic heterocycles. The average molecular weight is 392 g/mol. The van der Waals surface area contributed by atoms with Gasteiger partial charge in [-0.25, -0.2) is 0 Å². The quantitative estimate of drug-likeness (QED) is 0.466. The van der Waals surface area contributed by atoms with Gasteiger partial charge >= 0.3 is 5.97 Å². The Morgan fingerprint density at radius 2 is 2.08 bits per heavy atom. The van der Waals surface area contributed by atoms with Crippen LogP contribution in [0.1, 0.15) is 37.7 Å². The Bertz CT molecular complexity index is 863. The highest BCUT2D eigenvalue weighted by Crippen LogP contribution is 2.26. The number of carbonyl (C=O) groups excluding carboxylic acids is 1. The summed E-state index contributed by atoms with van der Waals surface area (Å²) < 4.78 is 7.69. The normalized spacial score (nSPS) is 12.6. The zero-order chi connectivity index (χ0) is 18.5. The standard InChI is InChI=1S/C17H21N5O2S2/c1-11(2)8-13(18)15-19-20-16-22(15)21-17(26-16)25-10-14(23)24-9-12-6-4-3-5-7-12/h3-7,11,13H,8-10,18H2,1-2H3. The number of nitrogens with zero attached hydrogens (tertiary/aromatic N) is 4. The van der Waals surface area contributed by atoms with E-state index < -0.39 is 0 Å². The molecular formula is C17H21N5O2S2. The number of hydrogen-bond acceptors (Lipinski definition) is 8. The Hall–Kier alpha value is -1.97. The van der Waals surface area contributed by atoms with Crippen LogP contribution in [-0.2, 0) is 16.1 Å². The predicted molar refractivity (Wildman–Crippen MR) is 102 cm³/mol. The van der Waals surface area contributed by atoms with E-state index >= 15 is 0 Å². The molecule has 0 saturated heterocycles. The van der Waals surface area contributed by atoms with Crippen LogP contribution in [0.3, 0.4) is 0 Å². The summed E-state index contributed by atoms with van der Waals surface area (Å²) in [5.41, 5.74) is 7.16. The first-order valence-electron chi connectivity index (χ1n) is 8.33. The molecule has 1 aromatic carbocycles. The van der Waals surface area contributed by atoms with Crippen LogP contribution < -0.4 is 5.73 Å². The van der Waals surface area contributed by atoms with Gasteiger partial charge in [0, 0.05) is 0 Å². The summed E-state index contributed by atoms with van der Waals surface area (Å²) in [6, 6.07) is 9.39. The molecule has 0 radical (unpaired) electrons. The van der Waals surface area contributed by atoms with Crippen LogP contribution in [0.25, 0.3) is 4.96 Å². The number of ether oxygens (including phenoxy) is 1. The summed E-state index contributed by atoms with van der Waals surface area (Å²) in [6.07, 6.45) is 0.812. The van der Waals surface area contributed by atoms with E-state index in [1.54, 1.807) is 4.52 Å². The molecule has 2 aromatic heterocycles. The fourth-order valence-electron chi connectivity index (χ4n) is 2.42. The molecular weight excluding hydrogens is 370 g/mol. The number of thioether (sulfide) groups is 1. The molecule has 9 heteroatoms. The third-order valence-electron chi connectivity index (χ3n) is 3.61. The minimum absolute atomic E-state index is 0.199. The van der Waals surface area contributed by atoms with E-state index in [0.717, 1.165) is 16.3 Å². The first-order chi connectivity index (χ1) is 12.5. The largest absolute Gasteiger partial charge is 0.460 e. The molecule has 1 atom stereocenters. The Labute approximate surface area is 160 Å². The van der Waals surface area contributed by atoms with Gasteiger partial charge in [0.1, 0.15) is 6.61 Å². The van der Waals surface area contributed by atoms with Crippen LogP contribution in [0, 0.1) is 5.92 Å². The molecule has 0 bridgehead atoms. The first kappa shape index (κ1) is 18.8. The molecule has 0 saturated carbocycles. The molecule has 26 heavy (non-hydrogen) atoms. The van der Waals surface area contributed by atoms with Crippen LogP contribution in [-0.4, -0.2) is 31.5 Å². The minimum atomic E-state index is -0.276. The fraction of sp³-hybridized carbons (Fsp3) is 0.412. The second-order valence-electron chi connectivity index (χ2n) is 6.29. The second kappa shape index (κ2) is 8.61. The zero-order valence-electron chi connectivity index (χ0n) is 14.7. The number of aromatic nitrogens is 4. The van der Waals surface area contributed by atoms with Gasteiger partial charge in [-0.3, -0.25) is 4.79 Å². The molecule has 2 N–H and O–H groups in total. The maximum absolute atomic E-state index is 11.9. The van der Waals surface area contributed by atoms with Crippen LogP contribution in [0.2, 0.25) is 0 Å². The van der Waals surface area contributed by atoms with Gasteiger partial charge in [-0.15, -0.1) is 15.3 Å². The average Bonchev–Trinajstić information content (AvgIpc) is 3.18. The molecule has 0 aliphatic rings. The Morgan fingerprint density at radius 3 is 2.81 bits per heavy atom. The van der Waals surface area contributed by atoms with Crippen molar-refractivity contribution in [1.82, 2.24) is 19.8 Å². The van der Waals surface area contributed by atoms with Gasteiger partial charge < -0.3 is 10.5 Å². The highest BCUT2D eigenvalue weighted by molar-refractivity contribution is 8.01. The van der Waals surface area contributed by atoms with Crippen LogP contribution in [0.5, 0.6) is 0 Å². The molecule has 0 amide bonds. The number of rotatable bonds is 8. The lowest BCUT2D eigenvalue weighted by atomic mass is 10.0. The van der Waals surface area contributed by atoms with Crippen molar-refractivity contribution in [3.63, 3.8) is 0 Å². The monoisotopic (exact) mass is 391 g/mol. The van der Waals surface area contributed by atoms with Crippen molar-refractivity contribution >= 4 is 34.0 Å². The lowest BCUT2D eigenvalue weighted by Crippen LogP contribution is -2.16. The summed E-state index contributed by atoms with van der Waals surface area (Å²) >= 11 is 2.72. The summed E-state index contributed by atoms with van der Waals surface area (Å²) in [5.74, 6) is 1.04. The van der Waals surface area contributed by atoms with E-state index in [4.69, 9.17) is 10.5 Å². The van der Waals surface area contributed by atoms with Crippen LogP contribution >= 0.6 is 23.1 Å². The third-order valence-corrected chi connectivity index (χ3v) is 5.62. The van der Waals surface area contributed by atoms with Gasteiger partial charge in [-0.1, -0.05) is 67.3 Å². The molecule has 3 aromatic rings. The number of fused-ring (bicyclic) bond motifs is 1. The van der Waals surface area contributed by atoms with E-state index in [2.05, 4.69) is 29.1 Å². The lowest BCUT2D eigenvalue weighted by molar-refractivity contribution is -0.141. The minimum Gasteiger partial charge on any atom is -0.460 e. The van der Waals surface area contributed by atoms with Crippen molar-refractivity contribution in [2.75, 3.05) is 5.75 Å².